The molecule has 0 spiro atoms. The van der Waals surface area contributed by atoms with Gasteiger partial charge in [0, 0.05) is 22.2 Å². The smallest absolute Gasteiger partial charge is 0.255 e. The summed E-state index contributed by atoms with van der Waals surface area (Å²) in [6, 6.07) is 8.57. The first-order valence-electron chi connectivity index (χ1n) is 7.83. The first-order chi connectivity index (χ1) is 12.1. The predicted octanol–water partition coefficient (Wildman–Crippen LogP) is 3.88. The van der Waals surface area contributed by atoms with E-state index in [4.69, 9.17) is 18.9 Å². The third-order valence-corrected chi connectivity index (χ3v) is 4.26. The molecule has 0 atom stereocenters. The van der Waals surface area contributed by atoms with E-state index in [1.54, 1.807) is 30.3 Å². The highest BCUT2D eigenvalue weighted by Crippen LogP contribution is 2.38. The molecule has 0 saturated carbocycles. The van der Waals surface area contributed by atoms with Crippen LogP contribution in [0.3, 0.4) is 0 Å². The van der Waals surface area contributed by atoms with Crippen LogP contribution in [0.4, 0.5) is 5.69 Å². The molecular formula is C18H18BrNO5. The molecule has 1 aliphatic rings. The van der Waals surface area contributed by atoms with Gasteiger partial charge in [0.2, 0.25) is 0 Å². The summed E-state index contributed by atoms with van der Waals surface area (Å²) in [6.45, 7) is 3.40. The molecule has 0 bridgehead atoms. The quantitative estimate of drug-likeness (QED) is 0.814. The van der Waals surface area contributed by atoms with Gasteiger partial charge in [0.25, 0.3) is 5.91 Å². The molecule has 2 aromatic carbocycles. The van der Waals surface area contributed by atoms with Crippen LogP contribution >= 0.6 is 15.9 Å². The van der Waals surface area contributed by atoms with E-state index in [-0.39, 0.29) is 5.91 Å². The SMILES string of the molecule is CCOc1ccc(C(=O)Nc2cc3c(cc2Br)OCCO3)cc1OC. The van der Waals surface area contributed by atoms with Gasteiger partial charge in [0.15, 0.2) is 23.0 Å². The van der Waals surface area contributed by atoms with Crippen molar-refractivity contribution in [1.29, 1.82) is 0 Å². The Hall–Kier alpha value is -2.41. The number of hydrogen-bond donors (Lipinski definition) is 1. The summed E-state index contributed by atoms with van der Waals surface area (Å²) >= 11 is 3.44. The van der Waals surface area contributed by atoms with Gasteiger partial charge >= 0.3 is 0 Å². The molecule has 7 heteroatoms. The van der Waals surface area contributed by atoms with E-state index in [1.807, 2.05) is 6.92 Å². The highest BCUT2D eigenvalue weighted by Gasteiger charge is 2.17. The monoisotopic (exact) mass is 407 g/mol. The van der Waals surface area contributed by atoms with E-state index < -0.39 is 0 Å². The lowest BCUT2D eigenvalue weighted by Gasteiger charge is -2.20. The van der Waals surface area contributed by atoms with Crippen molar-refractivity contribution in [3.63, 3.8) is 0 Å². The molecule has 0 aromatic heterocycles. The molecule has 1 amide bonds. The minimum atomic E-state index is -0.265. The molecule has 0 unspecified atom stereocenters. The van der Waals surface area contributed by atoms with Crippen LogP contribution in [-0.2, 0) is 0 Å². The minimum absolute atomic E-state index is 0.265. The average molecular weight is 408 g/mol. The van der Waals surface area contributed by atoms with Crippen LogP contribution in [0.25, 0.3) is 0 Å². The van der Waals surface area contributed by atoms with Crippen LogP contribution in [0.5, 0.6) is 23.0 Å². The number of amides is 1. The van der Waals surface area contributed by atoms with Gasteiger partial charge in [-0.05, 0) is 41.1 Å². The Morgan fingerprint density at radius 1 is 1.16 bits per heavy atom. The second-order valence-corrected chi connectivity index (χ2v) is 6.08. The molecule has 1 aliphatic heterocycles. The molecule has 0 saturated heterocycles. The number of fused-ring (bicyclic) bond motifs is 1. The normalized spacial score (nSPS) is 12.4. The third kappa shape index (κ3) is 3.82. The summed E-state index contributed by atoms with van der Waals surface area (Å²) in [7, 11) is 1.54. The highest BCUT2D eigenvalue weighted by molar-refractivity contribution is 9.10. The number of benzene rings is 2. The van der Waals surface area contributed by atoms with Crippen LogP contribution in [0, 0.1) is 0 Å². The Bertz CT molecular complexity index is 793. The number of anilines is 1. The van der Waals surface area contributed by atoms with E-state index in [1.165, 1.54) is 7.11 Å². The van der Waals surface area contributed by atoms with E-state index in [0.717, 1.165) is 0 Å². The molecule has 0 aliphatic carbocycles. The standard InChI is InChI=1S/C18H18BrNO5/c1-3-23-14-5-4-11(8-15(14)22-2)18(21)20-13-10-17-16(9-12(13)19)24-6-7-25-17/h4-5,8-10H,3,6-7H2,1-2H3,(H,20,21). The Morgan fingerprint density at radius 3 is 2.56 bits per heavy atom. The van der Waals surface area contributed by atoms with Gasteiger partial charge in [-0.1, -0.05) is 0 Å². The minimum Gasteiger partial charge on any atom is -0.493 e. The topological polar surface area (TPSA) is 66.0 Å². The summed E-state index contributed by atoms with van der Waals surface area (Å²) < 4.78 is 22.5. The van der Waals surface area contributed by atoms with Crippen LogP contribution in [-0.4, -0.2) is 32.8 Å². The van der Waals surface area contributed by atoms with E-state index in [2.05, 4.69) is 21.2 Å². The first kappa shape index (κ1) is 17.4. The maximum atomic E-state index is 12.6. The molecule has 1 N–H and O–H groups in total. The van der Waals surface area contributed by atoms with Gasteiger partial charge in [-0.3, -0.25) is 4.79 Å². The van der Waals surface area contributed by atoms with Crippen molar-refractivity contribution < 1.29 is 23.7 Å². The Morgan fingerprint density at radius 2 is 1.88 bits per heavy atom. The Kier molecular flexibility index (Phi) is 5.33. The van der Waals surface area contributed by atoms with Gasteiger partial charge in [-0.15, -0.1) is 0 Å². The van der Waals surface area contributed by atoms with Crippen molar-refractivity contribution in [2.24, 2.45) is 0 Å². The lowest BCUT2D eigenvalue weighted by molar-refractivity contribution is 0.102. The zero-order chi connectivity index (χ0) is 17.8. The van der Waals surface area contributed by atoms with Crippen LogP contribution in [0.15, 0.2) is 34.8 Å². The van der Waals surface area contributed by atoms with Crippen molar-refractivity contribution >= 4 is 27.5 Å². The summed E-state index contributed by atoms with van der Waals surface area (Å²) in [5.74, 6) is 2.10. The molecular weight excluding hydrogens is 390 g/mol. The number of methoxy groups -OCH3 is 1. The number of carbonyl (C=O) groups is 1. The molecule has 1 heterocycles. The lowest BCUT2D eigenvalue weighted by Crippen LogP contribution is -2.17. The van der Waals surface area contributed by atoms with Crippen LogP contribution < -0.4 is 24.3 Å². The molecule has 0 fully saturated rings. The first-order valence-corrected chi connectivity index (χ1v) is 8.63. The van der Waals surface area contributed by atoms with Crippen molar-refractivity contribution in [3.05, 3.63) is 40.4 Å². The number of nitrogens with one attached hydrogen (secondary N) is 1. The predicted molar refractivity (Wildman–Crippen MR) is 97.2 cm³/mol. The van der Waals surface area contributed by atoms with Gasteiger partial charge < -0.3 is 24.3 Å². The van der Waals surface area contributed by atoms with Crippen molar-refractivity contribution in [2.45, 2.75) is 6.92 Å². The maximum Gasteiger partial charge on any atom is 0.255 e. The van der Waals surface area contributed by atoms with Gasteiger partial charge in [-0.2, -0.15) is 0 Å². The van der Waals surface area contributed by atoms with Crippen molar-refractivity contribution in [2.75, 3.05) is 32.2 Å². The summed E-state index contributed by atoms with van der Waals surface area (Å²) in [4.78, 5) is 12.6. The average Bonchev–Trinajstić information content (AvgIpc) is 2.62. The molecule has 132 valence electrons. The Labute approximate surface area is 154 Å². The van der Waals surface area contributed by atoms with Crippen LogP contribution in [0.2, 0.25) is 0 Å². The molecule has 25 heavy (non-hydrogen) atoms. The number of carbonyl (C=O) groups excluding carboxylic acids is 1. The van der Waals surface area contributed by atoms with Gasteiger partial charge in [0.1, 0.15) is 13.2 Å². The zero-order valence-corrected chi connectivity index (χ0v) is 15.5. The fourth-order valence-corrected chi connectivity index (χ4v) is 2.86. The zero-order valence-electron chi connectivity index (χ0n) is 13.9. The van der Waals surface area contributed by atoms with Gasteiger partial charge in [0.05, 0.1) is 19.4 Å². The summed E-state index contributed by atoms with van der Waals surface area (Å²) in [5, 5.41) is 2.86. The summed E-state index contributed by atoms with van der Waals surface area (Å²) in [5.41, 5.74) is 1.06. The second-order valence-electron chi connectivity index (χ2n) is 5.23. The van der Waals surface area contributed by atoms with Gasteiger partial charge in [-0.25, -0.2) is 0 Å². The fourth-order valence-electron chi connectivity index (χ4n) is 2.44. The maximum absolute atomic E-state index is 12.6. The third-order valence-electron chi connectivity index (χ3n) is 3.61. The largest absolute Gasteiger partial charge is 0.493 e. The van der Waals surface area contributed by atoms with E-state index in [9.17, 15) is 4.79 Å². The van der Waals surface area contributed by atoms with Crippen molar-refractivity contribution in [3.8, 4) is 23.0 Å². The fraction of sp³-hybridized carbons (Fsp3) is 0.278. The number of ether oxygens (including phenoxy) is 4. The highest BCUT2D eigenvalue weighted by atomic mass is 79.9. The van der Waals surface area contributed by atoms with E-state index >= 15 is 0 Å². The number of rotatable bonds is 5. The number of hydrogen-bond acceptors (Lipinski definition) is 5. The Balaban J connectivity index is 1.82. The molecule has 6 nitrogen and oxygen atoms in total. The molecule has 2 aromatic rings. The van der Waals surface area contributed by atoms with Crippen LogP contribution in [0.1, 0.15) is 17.3 Å². The molecule has 3 rings (SSSR count). The molecule has 0 radical (unpaired) electrons. The van der Waals surface area contributed by atoms with Crippen molar-refractivity contribution in [1.82, 2.24) is 0 Å². The lowest BCUT2D eigenvalue weighted by atomic mass is 10.1. The number of halogens is 1. The summed E-state index contributed by atoms with van der Waals surface area (Å²) in [6.07, 6.45) is 0. The second kappa shape index (κ2) is 7.65. The van der Waals surface area contributed by atoms with E-state index in [0.29, 0.717) is 58.5 Å².